The molecule has 0 saturated heterocycles. The van der Waals surface area contributed by atoms with Gasteiger partial charge in [0, 0.05) is 6.54 Å². The van der Waals surface area contributed by atoms with Gasteiger partial charge in [0.25, 0.3) is 0 Å². The van der Waals surface area contributed by atoms with E-state index in [4.69, 9.17) is 0 Å². The monoisotopic (exact) mass is 538 g/mol. The van der Waals surface area contributed by atoms with Gasteiger partial charge in [-0.1, -0.05) is 200 Å². The van der Waals surface area contributed by atoms with Crippen molar-refractivity contribution in [3.05, 3.63) is 0 Å². The lowest BCUT2D eigenvalue weighted by Gasteiger charge is -2.11. The zero-order valence-corrected chi connectivity index (χ0v) is 26.9. The maximum Gasteiger partial charge on any atom is 0.0664 e. The highest BCUT2D eigenvalue weighted by Crippen LogP contribution is 2.15. The van der Waals surface area contributed by atoms with E-state index in [0.29, 0.717) is 0 Å². The summed E-state index contributed by atoms with van der Waals surface area (Å²) < 4.78 is 0. The molecule has 0 amide bonds. The van der Waals surface area contributed by atoms with Crippen LogP contribution in [0.25, 0.3) is 0 Å². The van der Waals surface area contributed by atoms with Gasteiger partial charge in [0.2, 0.25) is 0 Å². The van der Waals surface area contributed by atoms with Gasteiger partial charge < -0.3 is 10.4 Å². The van der Waals surface area contributed by atoms with Crippen molar-refractivity contribution in [2.45, 2.75) is 219 Å². The molecule has 0 aliphatic heterocycles. The molecule has 0 rings (SSSR count). The van der Waals surface area contributed by atoms with E-state index in [1.165, 1.54) is 193 Å². The van der Waals surface area contributed by atoms with Crippen molar-refractivity contribution in [3.63, 3.8) is 0 Å². The van der Waals surface area contributed by atoms with Crippen LogP contribution in [0, 0.1) is 0 Å². The fourth-order valence-corrected chi connectivity index (χ4v) is 5.74. The molecule has 0 aromatic heterocycles. The van der Waals surface area contributed by atoms with E-state index in [1.54, 1.807) is 0 Å². The average molecular weight is 538 g/mol. The van der Waals surface area contributed by atoms with E-state index >= 15 is 0 Å². The molecule has 38 heavy (non-hydrogen) atoms. The Balaban J connectivity index is 3.13. The van der Waals surface area contributed by atoms with Crippen LogP contribution in [0.5, 0.6) is 0 Å². The maximum absolute atomic E-state index is 10.2. The lowest BCUT2D eigenvalue weighted by Crippen LogP contribution is -2.27. The molecule has 0 fully saturated rings. The minimum absolute atomic E-state index is 0.145. The predicted octanol–water partition coefficient (Wildman–Crippen LogP) is 12.1. The van der Waals surface area contributed by atoms with E-state index in [-0.39, 0.29) is 6.10 Å². The molecule has 0 aromatic rings. The second-order valence-electron chi connectivity index (χ2n) is 12.5. The lowest BCUT2D eigenvalue weighted by atomic mass is 10.0. The van der Waals surface area contributed by atoms with Gasteiger partial charge in [-0.3, -0.25) is 0 Å². The molecule has 0 saturated carbocycles. The van der Waals surface area contributed by atoms with Crippen LogP contribution in [0.3, 0.4) is 0 Å². The smallest absolute Gasteiger partial charge is 0.0664 e. The molecule has 2 heteroatoms. The highest BCUT2D eigenvalue weighted by atomic mass is 16.3. The van der Waals surface area contributed by atoms with Gasteiger partial charge >= 0.3 is 0 Å². The largest absolute Gasteiger partial charge is 0.392 e. The molecule has 0 heterocycles. The number of hydrogen-bond acceptors (Lipinski definition) is 2. The van der Waals surface area contributed by atoms with Crippen molar-refractivity contribution >= 4 is 0 Å². The molecule has 0 aromatic carbocycles. The van der Waals surface area contributed by atoms with Gasteiger partial charge in [-0.2, -0.15) is 0 Å². The molecule has 0 aliphatic carbocycles. The second kappa shape index (κ2) is 34.9. The zero-order valence-electron chi connectivity index (χ0n) is 26.9. The number of hydrogen-bond donors (Lipinski definition) is 2. The summed E-state index contributed by atoms with van der Waals surface area (Å²) in [7, 11) is 0. The predicted molar refractivity (Wildman–Crippen MR) is 173 cm³/mol. The van der Waals surface area contributed by atoms with E-state index in [9.17, 15) is 5.11 Å². The second-order valence-corrected chi connectivity index (χ2v) is 12.5. The van der Waals surface area contributed by atoms with Crippen LogP contribution in [-0.4, -0.2) is 24.3 Å². The normalized spacial score (nSPS) is 12.4. The Bertz CT molecular complexity index is 399. The third-order valence-electron chi connectivity index (χ3n) is 8.48. The Morgan fingerprint density at radius 2 is 0.632 bits per heavy atom. The topological polar surface area (TPSA) is 32.3 Å². The maximum atomic E-state index is 10.2. The van der Waals surface area contributed by atoms with Crippen molar-refractivity contribution in [1.82, 2.24) is 5.32 Å². The highest BCUT2D eigenvalue weighted by molar-refractivity contribution is 4.61. The van der Waals surface area contributed by atoms with Gasteiger partial charge in [0.05, 0.1) is 6.10 Å². The van der Waals surface area contributed by atoms with E-state index < -0.39 is 0 Å². The Hall–Kier alpha value is -0.0800. The zero-order chi connectivity index (χ0) is 27.6. The van der Waals surface area contributed by atoms with Crippen LogP contribution in [-0.2, 0) is 0 Å². The molecule has 0 spiro atoms. The minimum atomic E-state index is -0.145. The summed E-state index contributed by atoms with van der Waals surface area (Å²) in [6, 6.07) is 0. The summed E-state index contributed by atoms with van der Waals surface area (Å²) in [5.41, 5.74) is 0. The summed E-state index contributed by atoms with van der Waals surface area (Å²) in [4.78, 5) is 0. The van der Waals surface area contributed by atoms with E-state index in [2.05, 4.69) is 19.2 Å². The summed E-state index contributed by atoms with van der Waals surface area (Å²) in [6.45, 7) is 6.46. The average Bonchev–Trinajstić information content (AvgIpc) is 2.92. The Labute approximate surface area is 242 Å². The molecule has 0 bridgehead atoms. The molecular formula is C36H75NO. The van der Waals surface area contributed by atoms with Crippen LogP contribution < -0.4 is 5.32 Å². The number of aliphatic hydroxyl groups is 1. The Morgan fingerprint density at radius 1 is 0.368 bits per heavy atom. The van der Waals surface area contributed by atoms with Crippen molar-refractivity contribution < 1.29 is 5.11 Å². The van der Waals surface area contributed by atoms with Crippen molar-refractivity contribution in [2.24, 2.45) is 0 Å². The fraction of sp³-hybridized carbons (Fsp3) is 1.00. The Morgan fingerprint density at radius 3 is 0.947 bits per heavy atom. The van der Waals surface area contributed by atoms with E-state index in [0.717, 1.165) is 19.5 Å². The number of rotatable bonds is 34. The van der Waals surface area contributed by atoms with Crippen LogP contribution >= 0.6 is 0 Å². The lowest BCUT2D eigenvalue weighted by molar-refractivity contribution is 0.158. The molecule has 2 nitrogen and oxygen atoms in total. The minimum Gasteiger partial charge on any atom is -0.392 e. The van der Waals surface area contributed by atoms with Gasteiger partial charge in [-0.05, 0) is 19.4 Å². The first-order valence-corrected chi connectivity index (χ1v) is 18.2. The summed E-state index contributed by atoms with van der Waals surface area (Å²) in [5, 5.41) is 13.7. The SMILES string of the molecule is CCCCCCCCCCCCCCCCCCNCC(O)CCCCCCCCCCCCCCCC. The van der Waals surface area contributed by atoms with E-state index in [1.807, 2.05) is 0 Å². The molecule has 0 radical (unpaired) electrons. The molecule has 2 N–H and O–H groups in total. The van der Waals surface area contributed by atoms with Gasteiger partial charge in [-0.25, -0.2) is 0 Å². The quantitative estimate of drug-likeness (QED) is 0.0800. The van der Waals surface area contributed by atoms with Gasteiger partial charge in [0.15, 0.2) is 0 Å². The standard InChI is InChI=1S/C36H75NO/c1-3-5-7-9-11-13-15-17-19-20-22-24-26-28-30-32-34-37-35-36(38)33-31-29-27-25-23-21-18-16-14-12-10-8-6-4-2/h36-38H,3-35H2,1-2H3. The molecule has 1 unspecified atom stereocenters. The van der Waals surface area contributed by atoms with Crippen LogP contribution in [0.4, 0.5) is 0 Å². The van der Waals surface area contributed by atoms with Crippen LogP contribution in [0.1, 0.15) is 213 Å². The summed E-state index contributed by atoms with van der Waals surface area (Å²) in [6.07, 6.45) is 43.2. The van der Waals surface area contributed by atoms with Gasteiger partial charge in [-0.15, -0.1) is 0 Å². The molecule has 0 aliphatic rings. The number of aliphatic hydroxyl groups excluding tert-OH is 1. The van der Waals surface area contributed by atoms with Crippen LogP contribution in [0.2, 0.25) is 0 Å². The summed E-state index contributed by atoms with van der Waals surface area (Å²) >= 11 is 0. The third kappa shape index (κ3) is 33.9. The summed E-state index contributed by atoms with van der Waals surface area (Å²) in [5.74, 6) is 0. The Kier molecular flexibility index (Phi) is 34.9. The molecule has 1 atom stereocenters. The van der Waals surface area contributed by atoms with Crippen molar-refractivity contribution in [1.29, 1.82) is 0 Å². The first-order valence-electron chi connectivity index (χ1n) is 18.2. The first-order chi connectivity index (χ1) is 18.8. The molecular weight excluding hydrogens is 462 g/mol. The first kappa shape index (κ1) is 37.9. The van der Waals surface area contributed by atoms with Crippen molar-refractivity contribution in [2.75, 3.05) is 13.1 Å². The van der Waals surface area contributed by atoms with Gasteiger partial charge in [0.1, 0.15) is 0 Å². The highest BCUT2D eigenvalue weighted by Gasteiger charge is 2.03. The van der Waals surface area contributed by atoms with Crippen LogP contribution in [0.15, 0.2) is 0 Å². The number of unbranched alkanes of at least 4 members (excludes halogenated alkanes) is 28. The fourth-order valence-electron chi connectivity index (χ4n) is 5.74. The third-order valence-corrected chi connectivity index (χ3v) is 8.48. The van der Waals surface area contributed by atoms with Crippen molar-refractivity contribution in [3.8, 4) is 0 Å². The number of nitrogens with one attached hydrogen (secondary N) is 1. The molecule has 230 valence electrons.